The molecule has 1 heterocycles. The topological polar surface area (TPSA) is 29.9 Å². The van der Waals surface area contributed by atoms with Crippen molar-refractivity contribution in [3.05, 3.63) is 18.7 Å². The van der Waals surface area contributed by atoms with E-state index >= 15 is 0 Å². The largest absolute Gasteiger partial charge is 0.336 e. The van der Waals surface area contributed by atoms with Crippen LogP contribution in [0.3, 0.4) is 0 Å². The van der Waals surface area contributed by atoms with Crippen LogP contribution < -0.4 is 5.32 Å². The molecule has 1 aromatic heterocycles. The van der Waals surface area contributed by atoms with Crippen LogP contribution in [0, 0.1) is 10.8 Å². The molecule has 0 bridgehead atoms. The molecule has 1 aliphatic carbocycles. The van der Waals surface area contributed by atoms with Crippen molar-refractivity contribution in [1.29, 1.82) is 0 Å². The van der Waals surface area contributed by atoms with Crippen LogP contribution in [0.25, 0.3) is 0 Å². The summed E-state index contributed by atoms with van der Waals surface area (Å²) in [4.78, 5) is 4.07. The van der Waals surface area contributed by atoms with E-state index in [0.717, 1.165) is 13.1 Å². The van der Waals surface area contributed by atoms with Gasteiger partial charge < -0.3 is 9.88 Å². The summed E-state index contributed by atoms with van der Waals surface area (Å²) in [6.45, 7) is 11.7. The second kappa shape index (κ2) is 5.04. The van der Waals surface area contributed by atoms with Crippen LogP contribution in [-0.4, -0.2) is 22.1 Å². The van der Waals surface area contributed by atoms with Gasteiger partial charge in [-0.3, -0.25) is 0 Å². The predicted octanol–water partition coefficient (Wildman–Crippen LogP) is 3.08. The van der Waals surface area contributed by atoms with E-state index in [1.54, 1.807) is 0 Å². The van der Waals surface area contributed by atoms with Gasteiger partial charge in [-0.25, -0.2) is 4.98 Å². The Bertz CT molecular complexity index is 349. The highest BCUT2D eigenvalue weighted by Gasteiger charge is 2.37. The van der Waals surface area contributed by atoms with E-state index in [0.29, 0.717) is 16.9 Å². The number of imidazole rings is 1. The summed E-state index contributed by atoms with van der Waals surface area (Å²) in [5.74, 6) is 0. The maximum Gasteiger partial charge on any atom is 0.0946 e. The van der Waals surface area contributed by atoms with Crippen LogP contribution in [0.1, 0.15) is 47.0 Å². The maximum atomic E-state index is 4.07. The van der Waals surface area contributed by atoms with Crippen LogP contribution in [0.4, 0.5) is 0 Å². The van der Waals surface area contributed by atoms with E-state index in [2.05, 4.69) is 42.6 Å². The fourth-order valence-electron chi connectivity index (χ4n) is 3.81. The molecule has 0 unspecified atom stereocenters. The Hall–Kier alpha value is -0.830. The number of aromatic nitrogens is 2. The van der Waals surface area contributed by atoms with Crippen molar-refractivity contribution in [1.82, 2.24) is 14.9 Å². The molecule has 0 aliphatic heterocycles. The number of hydrogen-bond donors (Lipinski definition) is 1. The number of rotatable bonds is 4. The minimum atomic E-state index is 0.467. The first-order valence-electron chi connectivity index (χ1n) is 7.06. The van der Waals surface area contributed by atoms with Gasteiger partial charge in [0.15, 0.2) is 0 Å². The molecule has 0 saturated heterocycles. The predicted molar refractivity (Wildman–Crippen MR) is 75.4 cm³/mol. The van der Waals surface area contributed by atoms with Crippen LogP contribution in [0.2, 0.25) is 0 Å². The monoisotopic (exact) mass is 249 g/mol. The quantitative estimate of drug-likeness (QED) is 0.888. The SMILES string of the molecule is CC1(C)CC(NCCn2ccnc2)CC(C)(C)C1. The normalized spacial score (nSPS) is 23.1. The highest BCUT2D eigenvalue weighted by atomic mass is 15.0. The average molecular weight is 249 g/mol. The third-order valence-electron chi connectivity index (χ3n) is 3.92. The molecule has 18 heavy (non-hydrogen) atoms. The fourth-order valence-corrected chi connectivity index (χ4v) is 3.81. The van der Waals surface area contributed by atoms with Gasteiger partial charge in [0, 0.05) is 31.5 Å². The van der Waals surface area contributed by atoms with Crippen molar-refractivity contribution >= 4 is 0 Å². The Morgan fingerprint density at radius 3 is 2.44 bits per heavy atom. The van der Waals surface area contributed by atoms with Gasteiger partial charge in [0.1, 0.15) is 0 Å². The van der Waals surface area contributed by atoms with Crippen LogP contribution in [0.5, 0.6) is 0 Å². The minimum absolute atomic E-state index is 0.467. The van der Waals surface area contributed by atoms with Gasteiger partial charge in [-0.05, 0) is 30.1 Å². The van der Waals surface area contributed by atoms with Gasteiger partial charge in [0.25, 0.3) is 0 Å². The molecule has 3 nitrogen and oxygen atoms in total. The van der Waals surface area contributed by atoms with E-state index in [9.17, 15) is 0 Å². The second-order valence-electron chi connectivity index (χ2n) is 7.37. The molecule has 1 fully saturated rings. The maximum absolute atomic E-state index is 4.07. The molecule has 1 N–H and O–H groups in total. The number of nitrogens with zero attached hydrogens (tertiary/aromatic N) is 2. The molecule has 0 spiro atoms. The van der Waals surface area contributed by atoms with Crippen molar-refractivity contribution in [3.63, 3.8) is 0 Å². The lowest BCUT2D eigenvalue weighted by Gasteiger charge is -2.45. The molecule has 2 rings (SSSR count). The van der Waals surface area contributed by atoms with Gasteiger partial charge in [0.2, 0.25) is 0 Å². The van der Waals surface area contributed by atoms with Crippen molar-refractivity contribution in [3.8, 4) is 0 Å². The molecule has 1 aliphatic rings. The summed E-state index contributed by atoms with van der Waals surface area (Å²) < 4.78 is 2.13. The van der Waals surface area contributed by atoms with E-state index in [4.69, 9.17) is 0 Å². The lowest BCUT2D eigenvalue weighted by Crippen LogP contribution is -2.44. The Labute approximate surface area is 111 Å². The third kappa shape index (κ3) is 3.84. The molecule has 0 aromatic carbocycles. The summed E-state index contributed by atoms with van der Waals surface area (Å²) in [7, 11) is 0. The summed E-state index contributed by atoms with van der Waals surface area (Å²) in [5, 5.41) is 3.72. The van der Waals surface area contributed by atoms with Gasteiger partial charge in [-0.2, -0.15) is 0 Å². The number of nitrogens with one attached hydrogen (secondary N) is 1. The molecule has 0 atom stereocenters. The molecule has 1 saturated carbocycles. The first kappa shape index (κ1) is 13.6. The van der Waals surface area contributed by atoms with Crippen molar-refractivity contribution in [2.75, 3.05) is 6.54 Å². The molecule has 0 amide bonds. The van der Waals surface area contributed by atoms with Gasteiger partial charge >= 0.3 is 0 Å². The summed E-state index contributed by atoms with van der Waals surface area (Å²) in [5.41, 5.74) is 0.933. The lowest BCUT2D eigenvalue weighted by molar-refractivity contribution is 0.0849. The van der Waals surface area contributed by atoms with E-state index in [-0.39, 0.29) is 0 Å². The third-order valence-corrected chi connectivity index (χ3v) is 3.92. The lowest BCUT2D eigenvalue weighted by atomic mass is 9.63. The molecule has 1 aromatic rings. The van der Waals surface area contributed by atoms with Crippen LogP contribution >= 0.6 is 0 Å². The molecular weight excluding hydrogens is 222 g/mol. The molecular formula is C15H27N3. The van der Waals surface area contributed by atoms with E-state index in [1.807, 2.05) is 18.7 Å². The zero-order valence-electron chi connectivity index (χ0n) is 12.2. The molecule has 102 valence electrons. The summed E-state index contributed by atoms with van der Waals surface area (Å²) >= 11 is 0. The van der Waals surface area contributed by atoms with Crippen molar-refractivity contribution in [2.24, 2.45) is 10.8 Å². The Morgan fingerprint density at radius 1 is 1.22 bits per heavy atom. The first-order chi connectivity index (χ1) is 8.36. The highest BCUT2D eigenvalue weighted by molar-refractivity contribution is 4.92. The minimum Gasteiger partial charge on any atom is -0.336 e. The Morgan fingerprint density at radius 2 is 1.89 bits per heavy atom. The Kier molecular flexibility index (Phi) is 3.81. The first-order valence-corrected chi connectivity index (χ1v) is 7.06. The van der Waals surface area contributed by atoms with Crippen LogP contribution in [-0.2, 0) is 6.54 Å². The molecule has 0 radical (unpaired) electrons. The van der Waals surface area contributed by atoms with E-state index in [1.165, 1.54) is 19.3 Å². The second-order valence-corrected chi connectivity index (χ2v) is 7.37. The van der Waals surface area contributed by atoms with Crippen molar-refractivity contribution < 1.29 is 0 Å². The highest BCUT2D eigenvalue weighted by Crippen LogP contribution is 2.45. The summed E-state index contributed by atoms with van der Waals surface area (Å²) in [6, 6.07) is 0.660. The fraction of sp³-hybridized carbons (Fsp3) is 0.800. The molecule has 3 heteroatoms. The van der Waals surface area contributed by atoms with Crippen LogP contribution in [0.15, 0.2) is 18.7 Å². The van der Waals surface area contributed by atoms with Gasteiger partial charge in [-0.1, -0.05) is 27.7 Å². The smallest absolute Gasteiger partial charge is 0.0946 e. The van der Waals surface area contributed by atoms with Gasteiger partial charge in [0.05, 0.1) is 6.33 Å². The number of hydrogen-bond acceptors (Lipinski definition) is 2. The standard InChI is InChI=1S/C15H27N3/c1-14(2)9-13(10-15(3,4)11-14)17-6-8-18-7-5-16-12-18/h5,7,12-13,17H,6,8-11H2,1-4H3. The van der Waals surface area contributed by atoms with Crippen molar-refractivity contribution in [2.45, 2.75) is 59.5 Å². The summed E-state index contributed by atoms with van der Waals surface area (Å²) in [6.07, 6.45) is 9.67. The zero-order valence-corrected chi connectivity index (χ0v) is 12.2. The zero-order chi connectivity index (χ0) is 13.2. The van der Waals surface area contributed by atoms with E-state index < -0.39 is 0 Å². The average Bonchev–Trinajstić information content (AvgIpc) is 2.65. The Balaban J connectivity index is 1.82. The van der Waals surface area contributed by atoms with Gasteiger partial charge in [-0.15, -0.1) is 0 Å².